The topological polar surface area (TPSA) is 86.3 Å². The van der Waals surface area contributed by atoms with Crippen molar-refractivity contribution >= 4 is 17.5 Å². The minimum atomic E-state index is -0.652. The Labute approximate surface area is 192 Å². The quantitative estimate of drug-likeness (QED) is 0.384. The Morgan fingerprint density at radius 3 is 2.24 bits per heavy atom. The SMILES string of the molecule is COc1cc(-c2cnc3[nH]cc(C(c4ccccc4)C(C)(C)C=O)c3n2)cc(OC)c1OC. The van der Waals surface area contributed by atoms with Gasteiger partial charge in [0.05, 0.1) is 33.2 Å². The summed E-state index contributed by atoms with van der Waals surface area (Å²) in [6, 6.07) is 13.7. The third-order valence-corrected chi connectivity index (χ3v) is 5.86. The van der Waals surface area contributed by atoms with E-state index in [0.29, 0.717) is 34.1 Å². The van der Waals surface area contributed by atoms with E-state index >= 15 is 0 Å². The number of nitrogens with one attached hydrogen (secondary N) is 1. The van der Waals surface area contributed by atoms with E-state index in [-0.39, 0.29) is 5.92 Å². The number of methoxy groups -OCH3 is 3. The van der Waals surface area contributed by atoms with Crippen LogP contribution < -0.4 is 14.2 Å². The Hall–Kier alpha value is -3.87. The fraction of sp³-hybridized carbons (Fsp3) is 0.269. The Morgan fingerprint density at radius 1 is 1.00 bits per heavy atom. The number of rotatable bonds is 8. The van der Waals surface area contributed by atoms with Crippen LogP contribution in [0, 0.1) is 5.41 Å². The van der Waals surface area contributed by atoms with Gasteiger partial charge in [-0.25, -0.2) is 9.97 Å². The Balaban J connectivity index is 1.90. The Bertz CT molecular complexity index is 1260. The molecule has 0 aliphatic heterocycles. The minimum absolute atomic E-state index is 0.200. The highest BCUT2D eigenvalue weighted by molar-refractivity contribution is 5.81. The molecule has 0 aliphatic carbocycles. The molecule has 4 aromatic rings. The highest BCUT2D eigenvalue weighted by Gasteiger charge is 2.34. The molecule has 2 aromatic carbocycles. The summed E-state index contributed by atoms with van der Waals surface area (Å²) in [4.78, 5) is 24.8. The van der Waals surface area contributed by atoms with Gasteiger partial charge in [0.1, 0.15) is 11.8 Å². The predicted octanol–water partition coefficient (Wildman–Crippen LogP) is 5.01. The van der Waals surface area contributed by atoms with Crippen LogP contribution in [0.3, 0.4) is 0 Å². The van der Waals surface area contributed by atoms with Crippen LogP contribution in [-0.2, 0) is 4.79 Å². The van der Waals surface area contributed by atoms with Crippen LogP contribution in [-0.4, -0.2) is 42.6 Å². The molecule has 7 nitrogen and oxygen atoms in total. The summed E-state index contributed by atoms with van der Waals surface area (Å²) in [5, 5.41) is 0. The van der Waals surface area contributed by atoms with Crippen LogP contribution in [0.2, 0.25) is 0 Å². The maximum atomic E-state index is 12.1. The summed E-state index contributed by atoms with van der Waals surface area (Å²) >= 11 is 0. The van der Waals surface area contributed by atoms with E-state index in [1.54, 1.807) is 27.5 Å². The highest BCUT2D eigenvalue weighted by Crippen LogP contribution is 2.43. The fourth-order valence-corrected chi connectivity index (χ4v) is 4.22. The molecule has 0 aliphatic rings. The normalized spacial score (nSPS) is 12.4. The first-order valence-corrected chi connectivity index (χ1v) is 10.6. The monoisotopic (exact) mass is 445 g/mol. The van der Waals surface area contributed by atoms with E-state index in [1.165, 1.54) is 0 Å². The molecule has 0 radical (unpaired) electrons. The molecule has 4 rings (SSSR count). The lowest BCUT2D eigenvalue weighted by Crippen LogP contribution is -2.24. The third kappa shape index (κ3) is 4.02. The number of hydrogen-bond acceptors (Lipinski definition) is 6. The number of aldehydes is 1. The molecule has 0 saturated carbocycles. The van der Waals surface area contributed by atoms with Gasteiger partial charge in [0, 0.05) is 28.7 Å². The van der Waals surface area contributed by atoms with Crippen molar-refractivity contribution in [2.45, 2.75) is 19.8 Å². The fourth-order valence-electron chi connectivity index (χ4n) is 4.22. The van der Waals surface area contributed by atoms with E-state index in [9.17, 15) is 4.79 Å². The molecule has 1 N–H and O–H groups in total. The molecule has 2 aromatic heterocycles. The van der Waals surface area contributed by atoms with Gasteiger partial charge in [-0.05, 0) is 17.7 Å². The number of ether oxygens (including phenoxy) is 3. The van der Waals surface area contributed by atoms with Crippen LogP contribution in [0.1, 0.15) is 30.9 Å². The van der Waals surface area contributed by atoms with Crippen LogP contribution in [0.4, 0.5) is 0 Å². The number of fused-ring (bicyclic) bond motifs is 1. The molecule has 0 amide bonds. The van der Waals surface area contributed by atoms with Gasteiger partial charge in [0.15, 0.2) is 17.1 Å². The largest absolute Gasteiger partial charge is 0.493 e. The number of aromatic amines is 1. The summed E-state index contributed by atoms with van der Waals surface area (Å²) in [6.07, 6.45) is 4.60. The number of carbonyl (C=O) groups is 1. The summed E-state index contributed by atoms with van der Waals surface area (Å²) in [6.45, 7) is 3.87. The van der Waals surface area contributed by atoms with Gasteiger partial charge >= 0.3 is 0 Å². The van der Waals surface area contributed by atoms with E-state index < -0.39 is 5.41 Å². The van der Waals surface area contributed by atoms with Crippen LogP contribution in [0.5, 0.6) is 17.2 Å². The second-order valence-electron chi connectivity index (χ2n) is 8.39. The molecule has 170 valence electrons. The number of H-pyrrole nitrogens is 1. The zero-order chi connectivity index (χ0) is 23.6. The summed E-state index contributed by atoms with van der Waals surface area (Å²) in [5.41, 5.74) is 4.09. The second-order valence-corrected chi connectivity index (χ2v) is 8.39. The lowest BCUT2D eigenvalue weighted by molar-refractivity contribution is -0.115. The summed E-state index contributed by atoms with van der Waals surface area (Å²) in [5.74, 6) is 1.38. The van der Waals surface area contributed by atoms with Crippen molar-refractivity contribution in [3.8, 4) is 28.5 Å². The van der Waals surface area contributed by atoms with Crippen molar-refractivity contribution < 1.29 is 19.0 Å². The van der Waals surface area contributed by atoms with Crippen molar-refractivity contribution in [2.75, 3.05) is 21.3 Å². The molecule has 7 heteroatoms. The summed E-state index contributed by atoms with van der Waals surface area (Å²) < 4.78 is 16.4. The lowest BCUT2D eigenvalue weighted by Gasteiger charge is -2.29. The van der Waals surface area contributed by atoms with Gasteiger partial charge in [-0.3, -0.25) is 0 Å². The van der Waals surface area contributed by atoms with Crippen LogP contribution >= 0.6 is 0 Å². The highest BCUT2D eigenvalue weighted by atomic mass is 16.5. The molecule has 0 saturated heterocycles. The van der Waals surface area contributed by atoms with Gasteiger partial charge in [-0.1, -0.05) is 44.2 Å². The number of hydrogen-bond donors (Lipinski definition) is 1. The van der Waals surface area contributed by atoms with Crippen molar-refractivity contribution in [2.24, 2.45) is 5.41 Å². The van der Waals surface area contributed by atoms with Crippen molar-refractivity contribution in [3.05, 3.63) is 66.0 Å². The Morgan fingerprint density at radius 2 is 1.67 bits per heavy atom. The number of benzene rings is 2. The van der Waals surface area contributed by atoms with E-state index in [1.807, 2.05) is 62.5 Å². The molecule has 0 spiro atoms. The van der Waals surface area contributed by atoms with Gasteiger partial charge in [0.25, 0.3) is 0 Å². The average Bonchev–Trinajstić information content (AvgIpc) is 3.26. The molecular formula is C26H27N3O4. The van der Waals surface area contributed by atoms with E-state index in [2.05, 4.69) is 9.97 Å². The van der Waals surface area contributed by atoms with Crippen molar-refractivity contribution in [3.63, 3.8) is 0 Å². The van der Waals surface area contributed by atoms with Gasteiger partial charge in [-0.2, -0.15) is 0 Å². The number of nitrogens with zero attached hydrogens (tertiary/aromatic N) is 2. The smallest absolute Gasteiger partial charge is 0.203 e. The maximum Gasteiger partial charge on any atom is 0.203 e. The first-order chi connectivity index (χ1) is 15.9. The van der Waals surface area contributed by atoms with Crippen molar-refractivity contribution in [1.82, 2.24) is 15.0 Å². The average molecular weight is 446 g/mol. The molecule has 1 atom stereocenters. The minimum Gasteiger partial charge on any atom is -0.493 e. The molecule has 1 unspecified atom stereocenters. The maximum absolute atomic E-state index is 12.1. The zero-order valence-electron chi connectivity index (χ0n) is 19.4. The van der Waals surface area contributed by atoms with E-state index in [4.69, 9.17) is 19.2 Å². The van der Waals surface area contributed by atoms with Crippen LogP contribution in [0.15, 0.2) is 54.9 Å². The summed E-state index contributed by atoms with van der Waals surface area (Å²) in [7, 11) is 4.72. The van der Waals surface area contributed by atoms with Crippen LogP contribution in [0.25, 0.3) is 22.4 Å². The number of aromatic nitrogens is 3. The predicted molar refractivity (Wildman–Crippen MR) is 127 cm³/mol. The first-order valence-electron chi connectivity index (χ1n) is 10.6. The zero-order valence-corrected chi connectivity index (χ0v) is 19.4. The van der Waals surface area contributed by atoms with E-state index in [0.717, 1.165) is 23.0 Å². The molecular weight excluding hydrogens is 418 g/mol. The second kappa shape index (κ2) is 8.94. The Kier molecular flexibility index (Phi) is 6.05. The standard InChI is InChI=1S/C26H27N3O4/c1-26(2,15-30)22(16-9-7-6-8-10-16)18-13-27-25-23(18)29-19(14-28-25)17-11-20(31-3)24(33-5)21(12-17)32-4/h6-15,22H,1-5H3,(H,27,28). The first kappa shape index (κ1) is 22.3. The number of carbonyl (C=O) groups excluding carboxylic acids is 1. The molecule has 0 fully saturated rings. The lowest BCUT2D eigenvalue weighted by atomic mass is 9.72. The van der Waals surface area contributed by atoms with Gasteiger partial charge < -0.3 is 24.0 Å². The molecule has 2 heterocycles. The third-order valence-electron chi connectivity index (χ3n) is 5.86. The van der Waals surface area contributed by atoms with Gasteiger partial charge in [0.2, 0.25) is 5.75 Å². The molecule has 0 bridgehead atoms. The van der Waals surface area contributed by atoms with Gasteiger partial charge in [-0.15, -0.1) is 0 Å². The molecule has 33 heavy (non-hydrogen) atoms. The van der Waals surface area contributed by atoms with Crippen molar-refractivity contribution in [1.29, 1.82) is 0 Å².